The van der Waals surface area contributed by atoms with Crippen LogP contribution in [0.15, 0.2) is 30.3 Å². The summed E-state index contributed by atoms with van der Waals surface area (Å²) in [6.45, 7) is 2.93. The summed E-state index contributed by atoms with van der Waals surface area (Å²) in [6.07, 6.45) is -1.95. The molecule has 1 heterocycles. The predicted octanol–water partition coefficient (Wildman–Crippen LogP) is 3.98. The Morgan fingerprint density at radius 3 is 2.29 bits per heavy atom. The van der Waals surface area contributed by atoms with Crippen molar-refractivity contribution < 1.29 is 18.0 Å². The fraction of sp³-hybridized carbons (Fsp3) is 0.562. The number of rotatable bonds is 3. The van der Waals surface area contributed by atoms with Crippen molar-refractivity contribution in [2.45, 2.75) is 38.3 Å². The van der Waals surface area contributed by atoms with Crippen LogP contribution in [0.5, 0.6) is 0 Å². The van der Waals surface area contributed by atoms with Crippen LogP contribution < -0.4 is 0 Å². The second-order valence-electron chi connectivity index (χ2n) is 5.56. The van der Waals surface area contributed by atoms with E-state index in [1.165, 1.54) is 29.2 Å². The highest BCUT2D eigenvalue weighted by Gasteiger charge is 2.47. The van der Waals surface area contributed by atoms with Gasteiger partial charge < -0.3 is 4.90 Å². The predicted molar refractivity (Wildman–Crippen MR) is 74.8 cm³/mol. The Balaban J connectivity index is 2.17. The number of halogens is 3. The molecule has 1 aromatic carbocycles. The molecule has 1 atom stereocenters. The van der Waals surface area contributed by atoms with Gasteiger partial charge >= 0.3 is 6.18 Å². The first kappa shape index (κ1) is 15.9. The van der Waals surface area contributed by atoms with Crippen molar-refractivity contribution in [3.8, 4) is 0 Å². The molecular weight excluding hydrogens is 279 g/mol. The summed E-state index contributed by atoms with van der Waals surface area (Å²) in [5.41, 5.74) is 0.0209. The van der Waals surface area contributed by atoms with E-state index >= 15 is 0 Å². The van der Waals surface area contributed by atoms with E-state index in [0.29, 0.717) is 19.0 Å². The summed E-state index contributed by atoms with van der Waals surface area (Å²) in [7, 11) is 0. The van der Waals surface area contributed by atoms with Crippen LogP contribution in [0.25, 0.3) is 0 Å². The first-order chi connectivity index (χ1) is 9.93. The zero-order chi connectivity index (χ0) is 15.5. The summed E-state index contributed by atoms with van der Waals surface area (Å²) in [5.74, 6) is -2.34. The smallest absolute Gasteiger partial charge is 0.342 e. The minimum absolute atomic E-state index is 0.0209. The second kappa shape index (κ2) is 6.50. The van der Waals surface area contributed by atoms with Crippen molar-refractivity contribution in [1.29, 1.82) is 0 Å². The average molecular weight is 299 g/mol. The highest BCUT2D eigenvalue weighted by atomic mass is 19.4. The molecule has 0 radical (unpaired) electrons. The molecule has 1 aromatic rings. The van der Waals surface area contributed by atoms with Gasteiger partial charge in [0.25, 0.3) is 0 Å². The quantitative estimate of drug-likeness (QED) is 0.826. The molecule has 1 fully saturated rings. The Hall–Kier alpha value is -1.52. The van der Waals surface area contributed by atoms with E-state index in [2.05, 4.69) is 6.92 Å². The van der Waals surface area contributed by atoms with Crippen LogP contribution in [0.2, 0.25) is 0 Å². The van der Waals surface area contributed by atoms with Gasteiger partial charge in [0.2, 0.25) is 5.91 Å². The molecule has 0 bridgehead atoms. The number of nitrogens with zero attached hydrogens (tertiary/aromatic N) is 1. The number of carbonyl (C=O) groups excluding carboxylic acids is 1. The van der Waals surface area contributed by atoms with Crippen molar-refractivity contribution in [1.82, 2.24) is 4.90 Å². The molecule has 1 saturated heterocycles. The zero-order valence-corrected chi connectivity index (χ0v) is 12.1. The fourth-order valence-electron chi connectivity index (χ4n) is 2.86. The Kier molecular flexibility index (Phi) is 4.91. The minimum Gasteiger partial charge on any atom is -0.342 e. The Morgan fingerprint density at radius 2 is 1.81 bits per heavy atom. The molecule has 2 rings (SSSR count). The molecular formula is C16H20F3NO. The summed E-state index contributed by atoms with van der Waals surface area (Å²) in [6, 6.07) is 7.45. The average Bonchev–Trinajstić information content (AvgIpc) is 2.47. The van der Waals surface area contributed by atoms with Crippen molar-refractivity contribution in [3.05, 3.63) is 35.9 Å². The molecule has 0 saturated carbocycles. The molecule has 116 valence electrons. The maximum Gasteiger partial charge on any atom is 0.404 e. The lowest BCUT2D eigenvalue weighted by molar-refractivity contribution is -0.172. The van der Waals surface area contributed by atoms with E-state index < -0.39 is 18.0 Å². The van der Waals surface area contributed by atoms with Crippen LogP contribution in [-0.4, -0.2) is 30.1 Å². The van der Waals surface area contributed by atoms with Crippen LogP contribution in [0.3, 0.4) is 0 Å². The van der Waals surface area contributed by atoms with E-state index in [1.54, 1.807) is 6.07 Å². The maximum absolute atomic E-state index is 13.3. The minimum atomic E-state index is -4.56. The second-order valence-corrected chi connectivity index (χ2v) is 5.56. The summed E-state index contributed by atoms with van der Waals surface area (Å²) in [5, 5.41) is 0. The lowest BCUT2D eigenvalue weighted by Gasteiger charge is -2.34. The highest BCUT2D eigenvalue weighted by Crippen LogP contribution is 2.37. The maximum atomic E-state index is 13.3. The highest BCUT2D eigenvalue weighted by molar-refractivity contribution is 5.84. The van der Waals surface area contributed by atoms with Crippen LogP contribution >= 0.6 is 0 Å². The molecule has 1 aliphatic rings. The Bertz CT molecular complexity index is 464. The molecule has 1 aliphatic heterocycles. The van der Waals surface area contributed by atoms with E-state index in [-0.39, 0.29) is 5.56 Å². The number of alkyl halides is 3. The van der Waals surface area contributed by atoms with Crippen LogP contribution in [-0.2, 0) is 4.79 Å². The monoisotopic (exact) mass is 299 g/mol. The number of benzene rings is 1. The van der Waals surface area contributed by atoms with Crippen molar-refractivity contribution in [2.75, 3.05) is 13.1 Å². The molecule has 5 heteroatoms. The van der Waals surface area contributed by atoms with Gasteiger partial charge in [-0.2, -0.15) is 13.2 Å². The molecule has 21 heavy (non-hydrogen) atoms. The fourth-order valence-corrected chi connectivity index (χ4v) is 2.86. The van der Waals surface area contributed by atoms with Gasteiger partial charge in [-0.05, 0) is 24.3 Å². The normalized spacial score (nSPS) is 18.6. The number of likely N-dealkylation sites (tertiary alicyclic amines) is 1. The SMILES string of the molecule is CCC1CCN(C(=O)C(c2ccccc2)C(F)(F)F)CC1. The van der Waals surface area contributed by atoms with Gasteiger partial charge in [0.15, 0.2) is 5.92 Å². The van der Waals surface area contributed by atoms with E-state index in [4.69, 9.17) is 0 Å². The van der Waals surface area contributed by atoms with Gasteiger partial charge in [-0.25, -0.2) is 0 Å². The van der Waals surface area contributed by atoms with Gasteiger partial charge in [0.1, 0.15) is 0 Å². The number of piperidine rings is 1. The van der Waals surface area contributed by atoms with Gasteiger partial charge in [0.05, 0.1) is 0 Å². The standard InChI is InChI=1S/C16H20F3NO/c1-2-12-8-10-20(11-9-12)15(21)14(16(17,18)19)13-6-4-3-5-7-13/h3-7,12,14H,2,8-11H2,1H3. The molecule has 0 aliphatic carbocycles. The molecule has 0 aromatic heterocycles. The number of hydrogen-bond acceptors (Lipinski definition) is 1. The van der Waals surface area contributed by atoms with E-state index in [1.807, 2.05) is 0 Å². The van der Waals surface area contributed by atoms with Crippen molar-refractivity contribution >= 4 is 5.91 Å². The first-order valence-corrected chi connectivity index (χ1v) is 7.34. The molecule has 2 nitrogen and oxygen atoms in total. The topological polar surface area (TPSA) is 20.3 Å². The van der Waals surface area contributed by atoms with Crippen LogP contribution in [0, 0.1) is 5.92 Å². The van der Waals surface area contributed by atoms with Crippen molar-refractivity contribution in [2.24, 2.45) is 5.92 Å². The number of carbonyl (C=O) groups is 1. The Morgan fingerprint density at radius 1 is 1.24 bits per heavy atom. The third kappa shape index (κ3) is 3.77. The molecule has 0 N–H and O–H groups in total. The summed E-state index contributed by atoms with van der Waals surface area (Å²) in [4.78, 5) is 13.7. The summed E-state index contributed by atoms with van der Waals surface area (Å²) < 4.78 is 39.9. The largest absolute Gasteiger partial charge is 0.404 e. The Labute approximate surface area is 122 Å². The first-order valence-electron chi connectivity index (χ1n) is 7.34. The molecule has 1 unspecified atom stereocenters. The van der Waals surface area contributed by atoms with Crippen molar-refractivity contribution in [3.63, 3.8) is 0 Å². The lowest BCUT2D eigenvalue weighted by Crippen LogP contribution is -2.44. The van der Waals surface area contributed by atoms with Crippen LogP contribution in [0.1, 0.15) is 37.7 Å². The number of hydrogen-bond donors (Lipinski definition) is 0. The van der Waals surface area contributed by atoms with Gasteiger partial charge in [-0.1, -0.05) is 43.7 Å². The van der Waals surface area contributed by atoms with Gasteiger partial charge in [-0.15, -0.1) is 0 Å². The number of amides is 1. The van der Waals surface area contributed by atoms with Gasteiger partial charge in [0, 0.05) is 13.1 Å². The zero-order valence-electron chi connectivity index (χ0n) is 12.1. The lowest BCUT2D eigenvalue weighted by atomic mass is 9.91. The van der Waals surface area contributed by atoms with Gasteiger partial charge in [-0.3, -0.25) is 4.79 Å². The third-order valence-corrected chi connectivity index (χ3v) is 4.21. The van der Waals surface area contributed by atoms with E-state index in [0.717, 1.165) is 19.3 Å². The van der Waals surface area contributed by atoms with E-state index in [9.17, 15) is 18.0 Å². The molecule has 1 amide bonds. The third-order valence-electron chi connectivity index (χ3n) is 4.21. The summed E-state index contributed by atoms with van der Waals surface area (Å²) >= 11 is 0. The van der Waals surface area contributed by atoms with Crippen LogP contribution in [0.4, 0.5) is 13.2 Å². The molecule has 0 spiro atoms.